The summed E-state index contributed by atoms with van der Waals surface area (Å²) in [5, 5.41) is 10.9. The molecule has 3 aromatic rings. The van der Waals surface area contributed by atoms with E-state index in [4.69, 9.17) is 0 Å². The summed E-state index contributed by atoms with van der Waals surface area (Å²) in [6, 6.07) is 18.9. The number of benzene rings is 2. The molecule has 0 bridgehead atoms. The first-order valence-corrected chi connectivity index (χ1v) is 10.4. The minimum Gasteiger partial charge on any atom is -0.380 e. The second-order valence-electron chi connectivity index (χ2n) is 7.96. The number of imidazole rings is 1. The van der Waals surface area contributed by atoms with E-state index < -0.39 is 6.10 Å². The molecule has 4 rings (SSSR count). The molecule has 0 spiro atoms. The van der Waals surface area contributed by atoms with Crippen molar-refractivity contribution in [2.75, 3.05) is 37.6 Å². The third kappa shape index (κ3) is 4.36. The van der Waals surface area contributed by atoms with Gasteiger partial charge in [0.05, 0.1) is 0 Å². The van der Waals surface area contributed by atoms with Crippen molar-refractivity contribution in [1.29, 1.82) is 0 Å². The van der Waals surface area contributed by atoms with E-state index in [1.165, 1.54) is 5.56 Å². The normalized spacial score (nSPS) is 17.3. The lowest BCUT2D eigenvalue weighted by Crippen LogP contribution is -2.47. The first-order chi connectivity index (χ1) is 14.1. The van der Waals surface area contributed by atoms with Gasteiger partial charge in [0.1, 0.15) is 11.9 Å². The number of hydrogen-bond donors (Lipinski definition) is 1. The smallest absolute Gasteiger partial charge is 0.142 e. The van der Waals surface area contributed by atoms with Gasteiger partial charge in [0.25, 0.3) is 0 Å². The Balaban J connectivity index is 1.42. The van der Waals surface area contributed by atoms with E-state index >= 15 is 0 Å². The summed E-state index contributed by atoms with van der Waals surface area (Å²) >= 11 is 0. The minimum atomic E-state index is -0.720. The molecule has 1 saturated heterocycles. The first-order valence-electron chi connectivity index (χ1n) is 10.4. The molecule has 1 N–H and O–H groups in total. The highest BCUT2D eigenvalue weighted by atomic mass is 16.3. The molecule has 29 heavy (non-hydrogen) atoms. The van der Waals surface area contributed by atoms with E-state index in [0.29, 0.717) is 11.7 Å². The van der Waals surface area contributed by atoms with Crippen LogP contribution in [0.1, 0.15) is 35.9 Å². The van der Waals surface area contributed by atoms with E-state index in [0.717, 1.165) is 44.0 Å². The SMILES string of the molecule is C[C@@H](CN1CCN(c2ccccc2[C@@H](O)c2nccn2C)CC1)c1ccccc1. The van der Waals surface area contributed by atoms with Crippen LogP contribution in [0, 0.1) is 0 Å². The highest BCUT2D eigenvalue weighted by molar-refractivity contribution is 5.56. The monoisotopic (exact) mass is 390 g/mol. The van der Waals surface area contributed by atoms with Gasteiger partial charge in [0.15, 0.2) is 0 Å². The van der Waals surface area contributed by atoms with Gasteiger partial charge in [-0.3, -0.25) is 4.90 Å². The molecule has 2 atom stereocenters. The van der Waals surface area contributed by atoms with Crippen LogP contribution in [0.3, 0.4) is 0 Å². The van der Waals surface area contributed by atoms with Crippen molar-refractivity contribution in [2.45, 2.75) is 18.9 Å². The van der Waals surface area contributed by atoms with Crippen molar-refractivity contribution in [3.05, 3.63) is 83.9 Å². The Bertz CT molecular complexity index is 915. The molecule has 0 amide bonds. The number of aryl methyl sites for hydroxylation is 1. The quantitative estimate of drug-likeness (QED) is 0.700. The van der Waals surface area contributed by atoms with Crippen LogP contribution in [0.2, 0.25) is 0 Å². The molecule has 0 radical (unpaired) electrons. The van der Waals surface area contributed by atoms with Crippen molar-refractivity contribution < 1.29 is 5.11 Å². The predicted octanol–water partition coefficient (Wildman–Crippen LogP) is 3.43. The van der Waals surface area contributed by atoms with E-state index in [9.17, 15) is 5.11 Å². The van der Waals surface area contributed by atoms with Crippen LogP contribution in [0.15, 0.2) is 67.0 Å². The zero-order valence-electron chi connectivity index (χ0n) is 17.3. The molecule has 1 aliphatic rings. The van der Waals surface area contributed by atoms with Crippen LogP contribution >= 0.6 is 0 Å². The van der Waals surface area contributed by atoms with Crippen LogP contribution < -0.4 is 4.90 Å². The third-order valence-electron chi connectivity index (χ3n) is 5.95. The van der Waals surface area contributed by atoms with Gasteiger partial charge in [-0.1, -0.05) is 55.5 Å². The Hall–Kier alpha value is -2.63. The summed E-state index contributed by atoms with van der Waals surface area (Å²) in [6.45, 7) is 7.38. The maximum atomic E-state index is 10.9. The van der Waals surface area contributed by atoms with E-state index in [2.05, 4.69) is 58.1 Å². The average Bonchev–Trinajstić information content (AvgIpc) is 3.20. The molecule has 0 saturated carbocycles. The number of hydrogen-bond acceptors (Lipinski definition) is 4. The van der Waals surface area contributed by atoms with Crippen molar-refractivity contribution >= 4 is 5.69 Å². The van der Waals surface area contributed by atoms with Gasteiger partial charge < -0.3 is 14.6 Å². The van der Waals surface area contributed by atoms with Gasteiger partial charge in [-0.25, -0.2) is 4.98 Å². The maximum absolute atomic E-state index is 10.9. The summed E-state index contributed by atoms with van der Waals surface area (Å²) in [6.07, 6.45) is 2.88. The molecule has 1 aromatic heterocycles. The van der Waals surface area contributed by atoms with Crippen LogP contribution in [-0.4, -0.2) is 52.3 Å². The number of anilines is 1. The summed E-state index contributed by atoms with van der Waals surface area (Å²) in [5.74, 6) is 1.20. The molecule has 5 heteroatoms. The predicted molar refractivity (Wildman–Crippen MR) is 117 cm³/mol. The van der Waals surface area contributed by atoms with Gasteiger partial charge in [0.2, 0.25) is 0 Å². The van der Waals surface area contributed by atoms with Crippen LogP contribution in [0.5, 0.6) is 0 Å². The third-order valence-corrected chi connectivity index (χ3v) is 5.95. The van der Waals surface area contributed by atoms with Crippen molar-refractivity contribution in [3.63, 3.8) is 0 Å². The number of para-hydroxylation sites is 1. The lowest BCUT2D eigenvalue weighted by Gasteiger charge is -2.38. The number of aliphatic hydroxyl groups is 1. The van der Waals surface area contributed by atoms with Gasteiger partial charge in [-0.05, 0) is 17.5 Å². The Labute approximate surface area is 173 Å². The Morgan fingerprint density at radius 2 is 1.66 bits per heavy atom. The second-order valence-corrected chi connectivity index (χ2v) is 7.96. The Morgan fingerprint density at radius 3 is 2.34 bits per heavy atom. The van der Waals surface area contributed by atoms with Crippen molar-refractivity contribution in [1.82, 2.24) is 14.5 Å². The van der Waals surface area contributed by atoms with Gasteiger partial charge >= 0.3 is 0 Å². The maximum Gasteiger partial charge on any atom is 0.142 e. The van der Waals surface area contributed by atoms with E-state index in [1.54, 1.807) is 6.20 Å². The summed E-state index contributed by atoms with van der Waals surface area (Å²) < 4.78 is 1.88. The Morgan fingerprint density at radius 1 is 0.966 bits per heavy atom. The standard InChI is InChI=1S/C24H30N4O/c1-19(20-8-4-3-5-9-20)18-27-14-16-28(17-15-27)22-11-7-6-10-21(22)23(29)24-25-12-13-26(24)2/h3-13,19,23,29H,14-18H2,1-2H3/t19-,23+/m0/s1. The van der Waals surface area contributed by atoms with E-state index in [-0.39, 0.29) is 0 Å². The number of piperazine rings is 1. The van der Waals surface area contributed by atoms with Crippen LogP contribution in [0.4, 0.5) is 5.69 Å². The van der Waals surface area contributed by atoms with E-state index in [1.807, 2.05) is 36.0 Å². The molecule has 2 heterocycles. The number of rotatable bonds is 6. The fraction of sp³-hybridized carbons (Fsp3) is 0.375. The van der Waals surface area contributed by atoms with Gasteiger partial charge in [-0.15, -0.1) is 0 Å². The highest BCUT2D eigenvalue weighted by Gasteiger charge is 2.24. The van der Waals surface area contributed by atoms with Crippen molar-refractivity contribution in [3.8, 4) is 0 Å². The highest BCUT2D eigenvalue weighted by Crippen LogP contribution is 2.30. The Kier molecular flexibility index (Phi) is 5.97. The lowest BCUT2D eigenvalue weighted by molar-refractivity contribution is 0.205. The number of aliphatic hydroxyl groups excluding tert-OH is 1. The molecule has 1 fully saturated rings. The molecule has 2 aromatic carbocycles. The number of nitrogens with zero attached hydrogens (tertiary/aromatic N) is 4. The molecular formula is C24H30N4O. The topological polar surface area (TPSA) is 44.5 Å². The molecule has 5 nitrogen and oxygen atoms in total. The molecule has 0 unspecified atom stereocenters. The summed E-state index contributed by atoms with van der Waals surface area (Å²) in [5.41, 5.74) is 3.44. The fourth-order valence-corrected chi connectivity index (χ4v) is 4.23. The summed E-state index contributed by atoms with van der Waals surface area (Å²) in [7, 11) is 1.92. The fourth-order valence-electron chi connectivity index (χ4n) is 4.23. The zero-order chi connectivity index (χ0) is 20.2. The van der Waals surface area contributed by atoms with Crippen LogP contribution in [0.25, 0.3) is 0 Å². The van der Waals surface area contributed by atoms with Crippen molar-refractivity contribution in [2.24, 2.45) is 7.05 Å². The zero-order valence-corrected chi connectivity index (χ0v) is 17.3. The molecule has 1 aliphatic heterocycles. The van der Waals surface area contributed by atoms with Gasteiger partial charge in [0, 0.05) is 63.4 Å². The lowest BCUT2D eigenvalue weighted by atomic mass is 10.0. The molecular weight excluding hydrogens is 360 g/mol. The molecule has 0 aliphatic carbocycles. The minimum absolute atomic E-state index is 0.528. The second kappa shape index (κ2) is 8.80. The molecule has 152 valence electrons. The number of aromatic nitrogens is 2. The van der Waals surface area contributed by atoms with Crippen LogP contribution in [-0.2, 0) is 7.05 Å². The first kappa shape index (κ1) is 19.7. The summed E-state index contributed by atoms with van der Waals surface area (Å²) in [4.78, 5) is 9.28. The average molecular weight is 391 g/mol. The largest absolute Gasteiger partial charge is 0.380 e. The van der Waals surface area contributed by atoms with Gasteiger partial charge in [-0.2, -0.15) is 0 Å².